The molecule has 1 rings (SSSR count). The van der Waals surface area contributed by atoms with Crippen LogP contribution in [0.2, 0.25) is 5.02 Å². The molecular formula is C8H4Cl2F5N. The average Bonchev–Trinajstić information content (AvgIpc) is 2.14. The number of rotatable bonds is 2. The number of hydrogen-bond acceptors (Lipinski definition) is 1. The van der Waals surface area contributed by atoms with Gasteiger partial charge in [0.2, 0.25) is 0 Å². The van der Waals surface area contributed by atoms with Crippen LogP contribution in [0.3, 0.4) is 0 Å². The molecule has 1 aromatic heterocycles. The van der Waals surface area contributed by atoms with Crippen molar-refractivity contribution in [2.24, 2.45) is 0 Å². The third-order valence-corrected chi connectivity index (χ3v) is 2.43. The molecule has 90 valence electrons. The predicted octanol–water partition coefficient (Wildman–Crippen LogP) is 4.43. The van der Waals surface area contributed by atoms with E-state index >= 15 is 0 Å². The van der Waals surface area contributed by atoms with E-state index in [1.54, 1.807) is 0 Å². The molecular weight excluding hydrogens is 276 g/mol. The van der Waals surface area contributed by atoms with Gasteiger partial charge in [0, 0.05) is 6.20 Å². The summed E-state index contributed by atoms with van der Waals surface area (Å²) in [4.78, 5) is 3.23. The Morgan fingerprint density at radius 1 is 1.31 bits per heavy atom. The van der Waals surface area contributed by atoms with Gasteiger partial charge in [-0.25, -0.2) is 8.78 Å². The van der Waals surface area contributed by atoms with Crippen LogP contribution >= 0.6 is 23.2 Å². The summed E-state index contributed by atoms with van der Waals surface area (Å²) in [6.45, 7) is 0. The lowest BCUT2D eigenvalue weighted by atomic mass is 10.1. The van der Waals surface area contributed by atoms with Crippen LogP contribution in [0.4, 0.5) is 22.0 Å². The van der Waals surface area contributed by atoms with Gasteiger partial charge in [0.1, 0.15) is 0 Å². The zero-order valence-electron chi connectivity index (χ0n) is 7.45. The molecule has 0 bridgehead atoms. The van der Waals surface area contributed by atoms with E-state index in [-0.39, 0.29) is 0 Å². The van der Waals surface area contributed by atoms with Gasteiger partial charge in [0.05, 0.1) is 27.7 Å². The van der Waals surface area contributed by atoms with Gasteiger partial charge in [-0.1, -0.05) is 11.6 Å². The Morgan fingerprint density at radius 2 is 1.88 bits per heavy atom. The van der Waals surface area contributed by atoms with Crippen LogP contribution in [0.15, 0.2) is 6.20 Å². The first-order valence-corrected chi connectivity index (χ1v) is 4.78. The molecule has 0 aliphatic carbocycles. The SMILES string of the molecule is FC(F)c1cnc(CCl)c(C(F)(F)F)c1Cl. The Bertz CT molecular complexity index is 391. The lowest BCUT2D eigenvalue weighted by molar-refractivity contribution is -0.138. The van der Waals surface area contributed by atoms with Gasteiger partial charge in [-0.05, 0) is 0 Å². The van der Waals surface area contributed by atoms with E-state index in [4.69, 9.17) is 23.2 Å². The third kappa shape index (κ3) is 2.55. The molecule has 0 saturated heterocycles. The molecule has 0 aromatic carbocycles. The van der Waals surface area contributed by atoms with Crippen LogP contribution in [0.1, 0.15) is 23.2 Å². The maximum atomic E-state index is 12.5. The number of alkyl halides is 6. The molecule has 16 heavy (non-hydrogen) atoms. The fourth-order valence-electron chi connectivity index (χ4n) is 1.08. The third-order valence-electron chi connectivity index (χ3n) is 1.77. The first kappa shape index (κ1) is 13.4. The van der Waals surface area contributed by atoms with Gasteiger partial charge in [-0.2, -0.15) is 13.2 Å². The van der Waals surface area contributed by atoms with Gasteiger partial charge in [0.15, 0.2) is 0 Å². The number of aromatic nitrogens is 1. The molecule has 0 saturated carbocycles. The predicted molar refractivity (Wildman–Crippen MR) is 48.8 cm³/mol. The van der Waals surface area contributed by atoms with Crippen molar-refractivity contribution in [3.8, 4) is 0 Å². The molecule has 0 N–H and O–H groups in total. The van der Waals surface area contributed by atoms with Gasteiger partial charge in [-0.3, -0.25) is 4.98 Å². The molecule has 8 heteroatoms. The van der Waals surface area contributed by atoms with Gasteiger partial charge >= 0.3 is 6.18 Å². The van der Waals surface area contributed by atoms with E-state index in [1.165, 1.54) is 0 Å². The summed E-state index contributed by atoms with van der Waals surface area (Å²) in [6, 6.07) is 0. The van der Waals surface area contributed by atoms with Crippen LogP contribution in [0.5, 0.6) is 0 Å². The van der Waals surface area contributed by atoms with E-state index in [1.807, 2.05) is 0 Å². The monoisotopic (exact) mass is 279 g/mol. The summed E-state index contributed by atoms with van der Waals surface area (Å²) in [7, 11) is 0. The van der Waals surface area contributed by atoms with Crippen molar-refractivity contribution in [3.05, 3.63) is 28.0 Å². The Labute approximate surface area is 97.2 Å². The van der Waals surface area contributed by atoms with Gasteiger partial charge in [-0.15, -0.1) is 11.6 Å². The molecule has 1 heterocycles. The smallest absolute Gasteiger partial charge is 0.259 e. The summed E-state index contributed by atoms with van der Waals surface area (Å²) >= 11 is 10.5. The Balaban J connectivity index is 3.47. The molecule has 0 unspecified atom stereocenters. The Kier molecular flexibility index (Phi) is 3.96. The number of hydrogen-bond donors (Lipinski definition) is 0. The number of pyridine rings is 1. The van der Waals surface area contributed by atoms with Crippen molar-refractivity contribution in [2.45, 2.75) is 18.5 Å². The maximum Gasteiger partial charge on any atom is 0.419 e. The van der Waals surface area contributed by atoms with Crippen molar-refractivity contribution in [3.63, 3.8) is 0 Å². The fraction of sp³-hybridized carbons (Fsp3) is 0.375. The average molecular weight is 280 g/mol. The van der Waals surface area contributed by atoms with Crippen LogP contribution < -0.4 is 0 Å². The minimum atomic E-state index is -4.86. The molecule has 0 atom stereocenters. The Morgan fingerprint density at radius 3 is 2.25 bits per heavy atom. The molecule has 0 spiro atoms. The lowest BCUT2D eigenvalue weighted by Crippen LogP contribution is -2.12. The quantitative estimate of drug-likeness (QED) is 0.576. The van der Waals surface area contributed by atoms with Crippen molar-refractivity contribution in [1.29, 1.82) is 0 Å². The molecule has 0 fully saturated rings. The molecule has 0 radical (unpaired) electrons. The van der Waals surface area contributed by atoms with Crippen molar-refractivity contribution < 1.29 is 22.0 Å². The largest absolute Gasteiger partial charge is 0.419 e. The highest BCUT2D eigenvalue weighted by atomic mass is 35.5. The van der Waals surface area contributed by atoms with Gasteiger partial charge in [0.25, 0.3) is 6.43 Å². The summed E-state index contributed by atoms with van der Waals surface area (Å²) in [5.41, 5.74) is -2.92. The Hall–Kier alpha value is -0.620. The normalized spacial score (nSPS) is 12.2. The van der Waals surface area contributed by atoms with Crippen molar-refractivity contribution in [2.75, 3.05) is 0 Å². The van der Waals surface area contributed by atoms with E-state index in [0.717, 1.165) is 0 Å². The molecule has 1 aromatic rings. The van der Waals surface area contributed by atoms with Crippen LogP contribution in [-0.2, 0) is 12.1 Å². The first-order chi connectivity index (χ1) is 7.29. The summed E-state index contributed by atoms with van der Waals surface area (Å²) in [5, 5.41) is -1.05. The highest BCUT2D eigenvalue weighted by molar-refractivity contribution is 6.32. The molecule has 0 aliphatic rings. The highest BCUT2D eigenvalue weighted by Gasteiger charge is 2.38. The van der Waals surface area contributed by atoms with E-state index in [0.29, 0.717) is 6.20 Å². The van der Waals surface area contributed by atoms with E-state index < -0.39 is 40.3 Å². The summed E-state index contributed by atoms with van der Waals surface area (Å²) in [6.07, 6.45) is -7.38. The zero-order valence-corrected chi connectivity index (χ0v) is 8.97. The van der Waals surface area contributed by atoms with Crippen molar-refractivity contribution in [1.82, 2.24) is 4.98 Å². The fourth-order valence-corrected chi connectivity index (χ4v) is 1.63. The minimum absolute atomic E-state index is 0.557. The molecule has 1 nitrogen and oxygen atoms in total. The summed E-state index contributed by atoms with van der Waals surface area (Å²) < 4.78 is 62.1. The standard InChI is InChI=1S/C8H4Cl2F5N/c9-1-4-5(8(13,14)15)6(10)3(2-16-4)7(11)12/h2,7H,1H2. The van der Waals surface area contributed by atoms with Crippen molar-refractivity contribution >= 4 is 23.2 Å². The number of halogens is 7. The molecule has 0 amide bonds. The van der Waals surface area contributed by atoms with Crippen LogP contribution in [0.25, 0.3) is 0 Å². The minimum Gasteiger partial charge on any atom is -0.259 e. The second-order valence-corrected chi connectivity index (χ2v) is 3.43. The highest BCUT2D eigenvalue weighted by Crippen LogP contribution is 2.40. The number of nitrogens with zero attached hydrogens (tertiary/aromatic N) is 1. The van der Waals surface area contributed by atoms with E-state index in [2.05, 4.69) is 4.98 Å². The second-order valence-electron chi connectivity index (χ2n) is 2.78. The second kappa shape index (κ2) is 4.71. The van der Waals surface area contributed by atoms with Crippen LogP contribution in [0, 0.1) is 0 Å². The van der Waals surface area contributed by atoms with Crippen LogP contribution in [-0.4, -0.2) is 4.98 Å². The topological polar surface area (TPSA) is 12.9 Å². The first-order valence-electron chi connectivity index (χ1n) is 3.87. The zero-order chi connectivity index (χ0) is 12.5. The maximum absolute atomic E-state index is 12.5. The lowest BCUT2D eigenvalue weighted by Gasteiger charge is -2.14. The summed E-state index contributed by atoms with van der Waals surface area (Å²) in [5.74, 6) is -0.557. The van der Waals surface area contributed by atoms with Gasteiger partial charge < -0.3 is 0 Å². The molecule has 0 aliphatic heterocycles. The van der Waals surface area contributed by atoms with E-state index in [9.17, 15) is 22.0 Å².